The molecule has 1 aliphatic heterocycles. The molecular formula is C15H18NO4-. The number of benzene rings is 1. The molecule has 2 rings (SSSR count). The molecule has 20 heavy (non-hydrogen) atoms. The van der Waals surface area contributed by atoms with E-state index in [0.29, 0.717) is 13.2 Å². The number of rotatable bonds is 5. The van der Waals surface area contributed by atoms with Crippen molar-refractivity contribution >= 4 is 11.9 Å². The summed E-state index contributed by atoms with van der Waals surface area (Å²) >= 11 is 0. The Morgan fingerprint density at radius 1 is 1.50 bits per heavy atom. The van der Waals surface area contributed by atoms with E-state index in [-0.39, 0.29) is 12.3 Å². The number of aliphatic carboxylic acids is 1. The fourth-order valence-corrected chi connectivity index (χ4v) is 2.72. The zero-order chi connectivity index (χ0) is 14.7. The van der Waals surface area contributed by atoms with Crippen molar-refractivity contribution in [3.05, 3.63) is 35.4 Å². The fraction of sp³-hybridized carbons (Fsp3) is 0.467. The zero-order valence-electron chi connectivity index (χ0n) is 11.7. The van der Waals surface area contributed by atoms with Crippen LogP contribution in [0.3, 0.4) is 0 Å². The molecule has 2 atom stereocenters. The van der Waals surface area contributed by atoms with Gasteiger partial charge in [0.2, 0.25) is 5.91 Å². The molecule has 0 aliphatic carbocycles. The molecule has 1 amide bonds. The van der Waals surface area contributed by atoms with Gasteiger partial charge >= 0.3 is 0 Å². The summed E-state index contributed by atoms with van der Waals surface area (Å²) in [6.45, 7) is 2.71. The summed E-state index contributed by atoms with van der Waals surface area (Å²) in [5.41, 5.74) is 1.87. The standard InChI is InChI=1S/C15H19NO4/c1-10-4-3-5-11(8-10)14-12(15(18)19)9-13(17)16(14)6-7-20-2/h3-5,8,12,14H,6-7,9H2,1-2H3,(H,18,19)/p-1/t12-,14-/m1/s1. The molecule has 1 saturated heterocycles. The number of carbonyl (C=O) groups is 2. The molecule has 1 aromatic carbocycles. The largest absolute Gasteiger partial charge is 0.550 e. The lowest BCUT2D eigenvalue weighted by molar-refractivity contribution is -0.312. The molecule has 5 heteroatoms. The molecule has 0 spiro atoms. The maximum Gasteiger partial charge on any atom is 0.223 e. The van der Waals surface area contributed by atoms with Gasteiger partial charge in [0.15, 0.2) is 0 Å². The number of nitrogens with zero attached hydrogens (tertiary/aromatic N) is 1. The van der Waals surface area contributed by atoms with Crippen molar-refractivity contribution in [1.29, 1.82) is 0 Å². The average Bonchev–Trinajstić information content (AvgIpc) is 2.73. The molecule has 0 aromatic heterocycles. The maximum atomic E-state index is 12.0. The van der Waals surface area contributed by atoms with Gasteiger partial charge < -0.3 is 19.5 Å². The number of hydrogen-bond acceptors (Lipinski definition) is 4. The van der Waals surface area contributed by atoms with Gasteiger partial charge in [0.05, 0.1) is 12.6 Å². The molecule has 1 heterocycles. The van der Waals surface area contributed by atoms with E-state index in [0.717, 1.165) is 11.1 Å². The number of hydrogen-bond donors (Lipinski definition) is 0. The van der Waals surface area contributed by atoms with E-state index in [4.69, 9.17) is 4.74 Å². The van der Waals surface area contributed by atoms with Crippen LogP contribution in [0.4, 0.5) is 0 Å². The highest BCUT2D eigenvalue weighted by Gasteiger charge is 2.41. The second kappa shape index (κ2) is 6.05. The summed E-state index contributed by atoms with van der Waals surface area (Å²) in [4.78, 5) is 24.9. The van der Waals surface area contributed by atoms with E-state index in [1.807, 2.05) is 31.2 Å². The van der Waals surface area contributed by atoms with Crippen LogP contribution in [0.1, 0.15) is 23.6 Å². The third-order valence-corrected chi connectivity index (χ3v) is 3.65. The van der Waals surface area contributed by atoms with Gasteiger partial charge in [0.25, 0.3) is 0 Å². The van der Waals surface area contributed by atoms with Crippen LogP contribution in [0.15, 0.2) is 24.3 Å². The molecule has 1 aromatic rings. The van der Waals surface area contributed by atoms with Crippen molar-refractivity contribution in [2.75, 3.05) is 20.3 Å². The molecule has 0 bridgehead atoms. The van der Waals surface area contributed by atoms with E-state index in [1.165, 1.54) is 0 Å². The van der Waals surface area contributed by atoms with E-state index in [1.54, 1.807) is 12.0 Å². The molecule has 1 fully saturated rings. The summed E-state index contributed by atoms with van der Waals surface area (Å²) in [6.07, 6.45) is -0.00927. The number of amides is 1. The molecular weight excluding hydrogens is 258 g/mol. The lowest BCUT2D eigenvalue weighted by Crippen LogP contribution is -2.37. The first-order valence-corrected chi connectivity index (χ1v) is 6.60. The molecule has 108 valence electrons. The van der Waals surface area contributed by atoms with Crippen LogP contribution >= 0.6 is 0 Å². The molecule has 1 aliphatic rings. The molecule has 5 nitrogen and oxygen atoms in total. The monoisotopic (exact) mass is 276 g/mol. The topological polar surface area (TPSA) is 69.7 Å². The van der Waals surface area contributed by atoms with E-state index in [9.17, 15) is 14.7 Å². The van der Waals surface area contributed by atoms with Crippen LogP contribution in [-0.2, 0) is 14.3 Å². The summed E-state index contributed by atoms with van der Waals surface area (Å²) in [7, 11) is 1.55. The number of likely N-dealkylation sites (tertiary alicyclic amines) is 1. The third kappa shape index (κ3) is 2.82. The Hall–Kier alpha value is -1.88. The Bertz CT molecular complexity index is 514. The van der Waals surface area contributed by atoms with Crippen LogP contribution in [0.2, 0.25) is 0 Å². The Morgan fingerprint density at radius 2 is 2.25 bits per heavy atom. The second-order valence-corrected chi connectivity index (χ2v) is 5.07. The Morgan fingerprint density at radius 3 is 2.85 bits per heavy atom. The van der Waals surface area contributed by atoms with Crippen LogP contribution in [0.5, 0.6) is 0 Å². The number of aryl methyl sites for hydroxylation is 1. The van der Waals surface area contributed by atoms with Crippen molar-refractivity contribution in [1.82, 2.24) is 4.90 Å². The Balaban J connectivity index is 2.35. The highest BCUT2D eigenvalue weighted by Crippen LogP contribution is 2.37. The summed E-state index contributed by atoms with van der Waals surface area (Å²) in [6, 6.07) is 7.11. The summed E-state index contributed by atoms with van der Waals surface area (Å²) in [5, 5.41) is 11.3. The molecule has 0 radical (unpaired) electrons. The first-order chi connectivity index (χ1) is 9.54. The number of methoxy groups -OCH3 is 1. The van der Waals surface area contributed by atoms with Crippen molar-refractivity contribution in [3.63, 3.8) is 0 Å². The number of carboxylic acid groups (broad SMARTS) is 1. The van der Waals surface area contributed by atoms with E-state index in [2.05, 4.69) is 0 Å². The van der Waals surface area contributed by atoms with Gasteiger partial charge in [0.1, 0.15) is 0 Å². The predicted octanol–water partition coefficient (Wildman–Crippen LogP) is 0.281. The first kappa shape index (κ1) is 14.5. The minimum atomic E-state index is -1.18. The van der Waals surface area contributed by atoms with Crippen molar-refractivity contribution in [2.24, 2.45) is 5.92 Å². The fourth-order valence-electron chi connectivity index (χ4n) is 2.72. The maximum absolute atomic E-state index is 12.0. The average molecular weight is 276 g/mol. The predicted molar refractivity (Wildman–Crippen MR) is 70.6 cm³/mol. The molecule has 0 N–H and O–H groups in total. The van der Waals surface area contributed by atoms with Crippen LogP contribution in [0, 0.1) is 12.8 Å². The van der Waals surface area contributed by atoms with Gasteiger partial charge in [-0.05, 0) is 12.5 Å². The molecule has 0 unspecified atom stereocenters. The van der Waals surface area contributed by atoms with Gasteiger partial charge in [-0.25, -0.2) is 0 Å². The molecule has 0 saturated carbocycles. The summed E-state index contributed by atoms with van der Waals surface area (Å²) in [5.74, 6) is -2.14. The smallest absolute Gasteiger partial charge is 0.223 e. The second-order valence-electron chi connectivity index (χ2n) is 5.07. The van der Waals surface area contributed by atoms with Crippen molar-refractivity contribution in [3.8, 4) is 0 Å². The van der Waals surface area contributed by atoms with Crippen molar-refractivity contribution in [2.45, 2.75) is 19.4 Å². The number of carbonyl (C=O) groups excluding carboxylic acids is 2. The minimum absolute atomic E-state index is 0.00927. The highest BCUT2D eigenvalue weighted by atomic mass is 16.5. The number of carboxylic acids is 1. The highest BCUT2D eigenvalue weighted by molar-refractivity contribution is 5.86. The Kier molecular flexibility index (Phi) is 4.39. The lowest BCUT2D eigenvalue weighted by Gasteiger charge is -2.29. The quantitative estimate of drug-likeness (QED) is 0.774. The van der Waals surface area contributed by atoms with Gasteiger partial charge in [-0.1, -0.05) is 29.8 Å². The lowest BCUT2D eigenvalue weighted by atomic mass is 9.93. The Labute approximate surface area is 118 Å². The zero-order valence-corrected chi connectivity index (χ0v) is 11.7. The van der Waals surface area contributed by atoms with Crippen molar-refractivity contribution < 1.29 is 19.4 Å². The SMILES string of the molecule is COCCN1C(=O)C[C@@H](C(=O)[O-])[C@H]1c1cccc(C)c1. The normalized spacial score (nSPS) is 22.3. The van der Waals surface area contributed by atoms with Gasteiger partial charge in [-0.3, -0.25) is 4.79 Å². The van der Waals surface area contributed by atoms with Gasteiger partial charge in [-0.15, -0.1) is 0 Å². The van der Waals surface area contributed by atoms with Crippen LogP contribution in [-0.4, -0.2) is 37.0 Å². The number of ether oxygens (including phenoxy) is 1. The van der Waals surface area contributed by atoms with Gasteiger partial charge in [-0.2, -0.15) is 0 Å². The van der Waals surface area contributed by atoms with E-state index < -0.39 is 17.9 Å². The third-order valence-electron chi connectivity index (χ3n) is 3.65. The minimum Gasteiger partial charge on any atom is -0.550 e. The first-order valence-electron chi connectivity index (χ1n) is 6.60. The van der Waals surface area contributed by atoms with E-state index >= 15 is 0 Å². The summed E-state index contributed by atoms with van der Waals surface area (Å²) < 4.78 is 5.00. The van der Waals surface area contributed by atoms with Crippen LogP contribution in [0.25, 0.3) is 0 Å². The van der Waals surface area contributed by atoms with Gasteiger partial charge in [0, 0.05) is 32.0 Å². The van der Waals surface area contributed by atoms with Crippen LogP contribution < -0.4 is 5.11 Å².